The first kappa shape index (κ1) is 20.2. The molecule has 2 heterocycles. The molecule has 1 N–H and O–H groups in total. The van der Waals surface area contributed by atoms with E-state index in [0.717, 1.165) is 0 Å². The maximum absolute atomic E-state index is 13.2. The second-order valence-corrected chi connectivity index (χ2v) is 8.51. The van der Waals surface area contributed by atoms with E-state index < -0.39 is 21.8 Å². The van der Waals surface area contributed by atoms with Crippen molar-refractivity contribution >= 4 is 21.8 Å². The van der Waals surface area contributed by atoms with Gasteiger partial charge in [-0.1, -0.05) is 12.1 Å². The second-order valence-electron chi connectivity index (χ2n) is 6.61. The Bertz CT molecular complexity index is 1020. The number of carboxylic acids is 1. The summed E-state index contributed by atoms with van der Waals surface area (Å²) < 4.78 is 34.2. The first-order chi connectivity index (χ1) is 13.2. The van der Waals surface area contributed by atoms with Gasteiger partial charge >= 0.3 is 5.97 Å². The summed E-state index contributed by atoms with van der Waals surface area (Å²) in [4.78, 5) is 24.2. The van der Waals surface area contributed by atoms with Crippen LogP contribution in [0.15, 0.2) is 35.2 Å². The molecular formula is C19H22N2O6S. The fourth-order valence-corrected chi connectivity index (χ4v) is 4.96. The summed E-state index contributed by atoms with van der Waals surface area (Å²) in [7, 11) is -3.85. The number of carbonyl (C=O) groups excluding carboxylic acids is 1. The Labute approximate surface area is 163 Å². The van der Waals surface area contributed by atoms with Crippen LogP contribution in [0.1, 0.15) is 27.3 Å². The number of ether oxygens (including phenoxy) is 1. The minimum Gasteiger partial charge on any atom is -0.480 e. The largest absolute Gasteiger partial charge is 0.480 e. The normalized spacial score (nSPS) is 15.5. The van der Waals surface area contributed by atoms with Crippen molar-refractivity contribution in [1.29, 1.82) is 0 Å². The standard InChI is InChI=1S/C19H22N2O6S/c1-13-11-16(14(2)21(13)12-18(22)23)19(24)15-5-3-4-6-17(15)28(25,26)20-7-9-27-10-8-20/h3-6,11H,7-10,12H2,1-2H3,(H,22,23). The van der Waals surface area contributed by atoms with E-state index in [1.807, 2.05) is 0 Å². The van der Waals surface area contributed by atoms with Gasteiger partial charge in [-0.2, -0.15) is 4.31 Å². The smallest absolute Gasteiger partial charge is 0.323 e. The molecule has 0 bridgehead atoms. The molecule has 0 atom stereocenters. The topological polar surface area (TPSA) is 106 Å². The van der Waals surface area contributed by atoms with Crippen LogP contribution in [0, 0.1) is 13.8 Å². The molecular weight excluding hydrogens is 384 g/mol. The van der Waals surface area contributed by atoms with E-state index in [0.29, 0.717) is 30.2 Å². The summed E-state index contributed by atoms with van der Waals surface area (Å²) in [6.07, 6.45) is 0. The average molecular weight is 406 g/mol. The number of morpholine rings is 1. The number of carbonyl (C=O) groups is 2. The van der Waals surface area contributed by atoms with Crippen molar-refractivity contribution in [2.24, 2.45) is 0 Å². The van der Waals surface area contributed by atoms with Crippen LogP contribution in [0.5, 0.6) is 0 Å². The number of carboxylic acid groups (broad SMARTS) is 1. The molecule has 0 spiro atoms. The van der Waals surface area contributed by atoms with Crippen molar-refractivity contribution < 1.29 is 27.9 Å². The zero-order valence-corrected chi connectivity index (χ0v) is 16.5. The summed E-state index contributed by atoms with van der Waals surface area (Å²) in [6, 6.07) is 7.70. The van der Waals surface area contributed by atoms with Crippen LogP contribution in [0.25, 0.3) is 0 Å². The molecule has 2 aromatic rings. The Morgan fingerprint density at radius 1 is 1.11 bits per heavy atom. The molecule has 28 heavy (non-hydrogen) atoms. The number of aliphatic carboxylic acids is 1. The highest BCUT2D eigenvalue weighted by Crippen LogP contribution is 2.26. The van der Waals surface area contributed by atoms with Crippen LogP contribution >= 0.6 is 0 Å². The van der Waals surface area contributed by atoms with Crippen molar-refractivity contribution in [3.63, 3.8) is 0 Å². The van der Waals surface area contributed by atoms with Gasteiger partial charge < -0.3 is 14.4 Å². The maximum atomic E-state index is 13.2. The first-order valence-electron chi connectivity index (χ1n) is 8.83. The van der Waals surface area contributed by atoms with Gasteiger partial charge in [-0.15, -0.1) is 0 Å². The molecule has 1 fully saturated rings. The van der Waals surface area contributed by atoms with Crippen LogP contribution in [0.3, 0.4) is 0 Å². The third-order valence-electron chi connectivity index (χ3n) is 4.83. The van der Waals surface area contributed by atoms with Crippen molar-refractivity contribution in [3.8, 4) is 0 Å². The summed E-state index contributed by atoms with van der Waals surface area (Å²) in [5.41, 5.74) is 1.48. The van der Waals surface area contributed by atoms with E-state index >= 15 is 0 Å². The van der Waals surface area contributed by atoms with Crippen LogP contribution in [0.2, 0.25) is 0 Å². The lowest BCUT2D eigenvalue weighted by Crippen LogP contribution is -2.41. The third kappa shape index (κ3) is 3.73. The fraction of sp³-hybridized carbons (Fsp3) is 0.368. The van der Waals surface area contributed by atoms with Crippen molar-refractivity contribution in [2.75, 3.05) is 26.3 Å². The molecule has 0 unspecified atom stereocenters. The molecule has 1 aromatic heterocycles. The number of sulfonamides is 1. The average Bonchev–Trinajstić information content (AvgIpc) is 2.96. The third-order valence-corrected chi connectivity index (χ3v) is 6.79. The lowest BCUT2D eigenvalue weighted by molar-refractivity contribution is -0.137. The zero-order valence-electron chi connectivity index (χ0n) is 15.7. The van der Waals surface area contributed by atoms with Crippen molar-refractivity contribution in [3.05, 3.63) is 52.8 Å². The Morgan fingerprint density at radius 2 is 1.75 bits per heavy atom. The predicted molar refractivity (Wildman–Crippen MR) is 101 cm³/mol. The minimum absolute atomic E-state index is 0.0510. The van der Waals surface area contributed by atoms with E-state index in [1.165, 1.54) is 21.0 Å². The van der Waals surface area contributed by atoms with Gasteiger partial charge in [-0.3, -0.25) is 9.59 Å². The maximum Gasteiger partial charge on any atom is 0.323 e. The molecule has 9 heteroatoms. The molecule has 0 radical (unpaired) electrons. The van der Waals surface area contributed by atoms with Gasteiger partial charge in [-0.05, 0) is 32.0 Å². The van der Waals surface area contributed by atoms with Gasteiger partial charge in [0, 0.05) is 35.6 Å². The van der Waals surface area contributed by atoms with Crippen LogP contribution in [0.4, 0.5) is 0 Å². The molecule has 3 rings (SSSR count). The molecule has 1 aromatic carbocycles. The first-order valence-corrected chi connectivity index (χ1v) is 10.3. The minimum atomic E-state index is -3.85. The molecule has 0 saturated carbocycles. The summed E-state index contributed by atoms with van der Waals surface area (Å²) in [6.45, 7) is 4.19. The Morgan fingerprint density at radius 3 is 2.39 bits per heavy atom. The van der Waals surface area contributed by atoms with Gasteiger partial charge in [0.05, 0.1) is 18.1 Å². The number of benzene rings is 1. The Hall–Kier alpha value is -2.49. The monoisotopic (exact) mass is 406 g/mol. The highest BCUT2D eigenvalue weighted by molar-refractivity contribution is 7.89. The predicted octanol–water partition coefficient (Wildman–Crippen LogP) is 1.44. The van der Waals surface area contributed by atoms with Crippen LogP contribution in [-0.2, 0) is 26.1 Å². The lowest BCUT2D eigenvalue weighted by atomic mass is 10.0. The second kappa shape index (κ2) is 7.86. The van der Waals surface area contributed by atoms with Crippen LogP contribution < -0.4 is 0 Å². The summed E-state index contributed by atoms with van der Waals surface area (Å²) in [5, 5.41) is 9.07. The lowest BCUT2D eigenvalue weighted by Gasteiger charge is -2.26. The van der Waals surface area contributed by atoms with E-state index in [2.05, 4.69) is 0 Å². The number of nitrogens with zero attached hydrogens (tertiary/aromatic N) is 2. The van der Waals surface area contributed by atoms with Gasteiger partial charge in [0.2, 0.25) is 10.0 Å². The number of ketones is 1. The van der Waals surface area contributed by atoms with Crippen molar-refractivity contribution in [1.82, 2.24) is 8.87 Å². The van der Waals surface area contributed by atoms with Crippen LogP contribution in [-0.4, -0.2) is 60.5 Å². The number of hydrogen-bond acceptors (Lipinski definition) is 5. The van der Waals surface area contributed by atoms with E-state index in [-0.39, 0.29) is 30.1 Å². The Balaban J connectivity index is 2.04. The van der Waals surface area contributed by atoms with Gasteiger partial charge in [-0.25, -0.2) is 8.42 Å². The van der Waals surface area contributed by atoms with E-state index in [1.54, 1.807) is 32.0 Å². The van der Waals surface area contributed by atoms with Gasteiger partial charge in [0.15, 0.2) is 5.78 Å². The van der Waals surface area contributed by atoms with Gasteiger partial charge in [0.25, 0.3) is 0 Å². The SMILES string of the molecule is Cc1cc(C(=O)c2ccccc2S(=O)(=O)N2CCOCC2)c(C)n1CC(=O)O. The molecule has 8 nitrogen and oxygen atoms in total. The molecule has 0 amide bonds. The number of rotatable bonds is 6. The summed E-state index contributed by atoms with van der Waals surface area (Å²) >= 11 is 0. The zero-order chi connectivity index (χ0) is 20.5. The number of hydrogen-bond donors (Lipinski definition) is 1. The highest BCUT2D eigenvalue weighted by atomic mass is 32.2. The van der Waals surface area contributed by atoms with E-state index in [9.17, 15) is 18.0 Å². The fourth-order valence-electron chi connectivity index (χ4n) is 3.36. The van der Waals surface area contributed by atoms with E-state index in [4.69, 9.17) is 9.84 Å². The Kier molecular flexibility index (Phi) is 5.69. The summed E-state index contributed by atoms with van der Waals surface area (Å²) in [5.74, 6) is -1.46. The number of aryl methyl sites for hydroxylation is 1. The molecule has 1 aliphatic rings. The number of aromatic nitrogens is 1. The highest BCUT2D eigenvalue weighted by Gasteiger charge is 2.31. The molecule has 1 aliphatic heterocycles. The molecule has 0 aliphatic carbocycles. The molecule has 150 valence electrons. The van der Waals surface area contributed by atoms with Crippen molar-refractivity contribution in [2.45, 2.75) is 25.3 Å². The molecule has 1 saturated heterocycles. The quantitative estimate of drug-likeness (QED) is 0.728. The van der Waals surface area contributed by atoms with Gasteiger partial charge in [0.1, 0.15) is 6.54 Å².